The molecule has 1 aromatic carbocycles. The maximum absolute atomic E-state index is 12.5. The lowest BCUT2D eigenvalue weighted by Gasteiger charge is -2.09. The molecule has 0 atom stereocenters. The predicted octanol–water partition coefficient (Wildman–Crippen LogP) is 3.02. The number of benzene rings is 1. The minimum absolute atomic E-state index is 0.243. The Hall–Kier alpha value is -1.42. The first-order chi connectivity index (χ1) is 8.22. The Kier molecular flexibility index (Phi) is 3.74. The highest BCUT2D eigenvalue weighted by atomic mass is 19.3. The van der Waals surface area contributed by atoms with E-state index < -0.39 is 6.43 Å². The zero-order chi connectivity index (χ0) is 12.3. The highest BCUT2D eigenvalue weighted by Gasteiger charge is 2.10. The lowest BCUT2D eigenvalue weighted by atomic mass is 10.1. The van der Waals surface area contributed by atoms with E-state index in [0.717, 1.165) is 23.0 Å². The molecule has 0 unspecified atom stereocenters. The summed E-state index contributed by atoms with van der Waals surface area (Å²) in [6.07, 6.45) is -0.593. The van der Waals surface area contributed by atoms with Gasteiger partial charge in [0.2, 0.25) is 0 Å². The summed E-state index contributed by atoms with van der Waals surface area (Å²) in [5, 5.41) is 4.24. The van der Waals surface area contributed by atoms with Crippen molar-refractivity contribution in [2.75, 3.05) is 6.54 Å². The van der Waals surface area contributed by atoms with Crippen LogP contribution in [-0.2, 0) is 13.1 Å². The molecule has 0 aliphatic rings. The molecule has 2 rings (SSSR count). The monoisotopic (exact) mass is 238 g/mol. The van der Waals surface area contributed by atoms with E-state index in [1.54, 1.807) is 10.8 Å². The molecular weight excluding hydrogens is 222 g/mol. The molecule has 0 aliphatic heterocycles. The fraction of sp³-hybridized carbons (Fsp3) is 0.385. The number of nitrogens with one attached hydrogen (secondary N) is 1. The van der Waals surface area contributed by atoms with E-state index in [1.807, 2.05) is 31.2 Å². The smallest absolute Gasteiger partial charge is 0.256 e. The molecule has 0 radical (unpaired) electrons. The summed E-state index contributed by atoms with van der Waals surface area (Å²) in [6, 6.07) is 7.77. The Labute approximate surface area is 99.2 Å². The molecule has 0 fully saturated rings. The molecule has 0 saturated heterocycles. The summed E-state index contributed by atoms with van der Waals surface area (Å²) in [6.45, 7) is 3.36. The normalized spacial score (nSPS) is 11.5. The van der Waals surface area contributed by atoms with Crippen LogP contribution in [0.1, 0.15) is 12.5 Å². The van der Waals surface area contributed by atoms with Gasteiger partial charge in [0.1, 0.15) is 0 Å². The lowest BCUT2D eigenvalue weighted by molar-refractivity contribution is 0.128. The molecule has 1 heterocycles. The van der Waals surface area contributed by atoms with Crippen LogP contribution in [-0.4, -0.2) is 17.5 Å². The Morgan fingerprint density at radius 1 is 1.29 bits per heavy atom. The van der Waals surface area contributed by atoms with Crippen molar-refractivity contribution in [3.05, 3.63) is 36.0 Å². The van der Waals surface area contributed by atoms with Gasteiger partial charge in [0, 0.05) is 12.7 Å². The van der Waals surface area contributed by atoms with Crippen LogP contribution < -0.4 is 5.32 Å². The highest BCUT2D eigenvalue weighted by molar-refractivity contribution is 5.83. The van der Waals surface area contributed by atoms with Crippen LogP contribution in [0.5, 0.6) is 0 Å². The molecule has 0 aliphatic carbocycles. The molecule has 4 heteroatoms. The van der Waals surface area contributed by atoms with Crippen LogP contribution in [0.2, 0.25) is 0 Å². The number of aromatic nitrogens is 1. The van der Waals surface area contributed by atoms with E-state index in [4.69, 9.17) is 0 Å². The van der Waals surface area contributed by atoms with Gasteiger partial charge >= 0.3 is 0 Å². The van der Waals surface area contributed by atoms with Crippen molar-refractivity contribution in [3.63, 3.8) is 0 Å². The van der Waals surface area contributed by atoms with Gasteiger partial charge in [0.05, 0.1) is 12.1 Å². The number of hydrogen-bond donors (Lipinski definition) is 1. The number of rotatable bonds is 5. The van der Waals surface area contributed by atoms with E-state index in [1.165, 1.54) is 0 Å². The lowest BCUT2D eigenvalue weighted by Crippen LogP contribution is -2.13. The van der Waals surface area contributed by atoms with Crippen LogP contribution in [0.3, 0.4) is 0 Å². The largest absolute Gasteiger partial charge is 0.341 e. The zero-order valence-corrected chi connectivity index (χ0v) is 9.79. The summed E-state index contributed by atoms with van der Waals surface area (Å²) in [4.78, 5) is 0. The second-order valence-electron chi connectivity index (χ2n) is 3.99. The standard InChI is InChI=1S/C13H16F2N2/c1-2-16-8-11-5-3-4-10-6-7-17(13(10)11)9-12(14)15/h3-7,12,16H,2,8-9H2,1H3. The maximum atomic E-state index is 12.5. The van der Waals surface area contributed by atoms with Gasteiger partial charge in [0.25, 0.3) is 6.43 Å². The summed E-state index contributed by atoms with van der Waals surface area (Å²) >= 11 is 0. The number of para-hydroxylation sites is 1. The molecule has 17 heavy (non-hydrogen) atoms. The minimum atomic E-state index is -2.32. The highest BCUT2D eigenvalue weighted by Crippen LogP contribution is 2.21. The van der Waals surface area contributed by atoms with Gasteiger partial charge in [-0.15, -0.1) is 0 Å². The van der Waals surface area contributed by atoms with E-state index in [2.05, 4.69) is 5.32 Å². The van der Waals surface area contributed by atoms with Crippen LogP contribution in [0.15, 0.2) is 30.5 Å². The van der Waals surface area contributed by atoms with Gasteiger partial charge in [0.15, 0.2) is 0 Å². The van der Waals surface area contributed by atoms with Crippen molar-refractivity contribution in [1.82, 2.24) is 9.88 Å². The number of alkyl halides is 2. The van der Waals surface area contributed by atoms with E-state index in [9.17, 15) is 8.78 Å². The fourth-order valence-corrected chi connectivity index (χ4v) is 2.04. The molecule has 0 saturated carbocycles. The maximum Gasteiger partial charge on any atom is 0.256 e. The minimum Gasteiger partial charge on any atom is -0.341 e. The first kappa shape index (κ1) is 12.0. The molecule has 92 valence electrons. The number of hydrogen-bond acceptors (Lipinski definition) is 1. The van der Waals surface area contributed by atoms with Crippen molar-refractivity contribution < 1.29 is 8.78 Å². The quantitative estimate of drug-likeness (QED) is 0.847. The Balaban J connectivity index is 2.40. The molecular formula is C13H16F2N2. The average molecular weight is 238 g/mol. The van der Waals surface area contributed by atoms with Crippen molar-refractivity contribution >= 4 is 10.9 Å². The third-order valence-corrected chi connectivity index (χ3v) is 2.77. The van der Waals surface area contributed by atoms with Gasteiger partial charge in [-0.05, 0) is 23.6 Å². The van der Waals surface area contributed by atoms with E-state index in [0.29, 0.717) is 6.54 Å². The summed E-state index contributed by atoms with van der Waals surface area (Å²) in [7, 11) is 0. The Bertz CT molecular complexity index is 491. The first-order valence-corrected chi connectivity index (χ1v) is 5.78. The number of nitrogens with zero attached hydrogens (tertiary/aromatic N) is 1. The fourth-order valence-electron chi connectivity index (χ4n) is 2.04. The molecule has 0 spiro atoms. The number of halogens is 2. The molecule has 0 amide bonds. The molecule has 0 bridgehead atoms. The zero-order valence-electron chi connectivity index (χ0n) is 9.79. The van der Waals surface area contributed by atoms with E-state index >= 15 is 0 Å². The molecule has 2 nitrogen and oxygen atoms in total. The summed E-state index contributed by atoms with van der Waals surface area (Å²) < 4.78 is 26.6. The van der Waals surface area contributed by atoms with Crippen molar-refractivity contribution in [3.8, 4) is 0 Å². The van der Waals surface area contributed by atoms with Crippen molar-refractivity contribution in [2.45, 2.75) is 26.4 Å². The van der Waals surface area contributed by atoms with Crippen molar-refractivity contribution in [1.29, 1.82) is 0 Å². The van der Waals surface area contributed by atoms with Crippen LogP contribution in [0.25, 0.3) is 10.9 Å². The van der Waals surface area contributed by atoms with Gasteiger partial charge in [-0.3, -0.25) is 0 Å². The van der Waals surface area contributed by atoms with Crippen LogP contribution in [0, 0.1) is 0 Å². The third-order valence-electron chi connectivity index (χ3n) is 2.77. The van der Waals surface area contributed by atoms with Gasteiger partial charge < -0.3 is 9.88 Å². The first-order valence-electron chi connectivity index (χ1n) is 5.78. The summed E-state index contributed by atoms with van der Waals surface area (Å²) in [5.41, 5.74) is 1.98. The topological polar surface area (TPSA) is 17.0 Å². The van der Waals surface area contributed by atoms with Crippen molar-refractivity contribution in [2.24, 2.45) is 0 Å². The molecule has 1 N–H and O–H groups in total. The van der Waals surface area contributed by atoms with Gasteiger partial charge in [-0.25, -0.2) is 8.78 Å². The second-order valence-corrected chi connectivity index (χ2v) is 3.99. The predicted molar refractivity (Wildman–Crippen MR) is 65.3 cm³/mol. The SMILES string of the molecule is CCNCc1cccc2ccn(CC(F)F)c12. The Morgan fingerprint density at radius 2 is 2.12 bits per heavy atom. The Morgan fingerprint density at radius 3 is 2.82 bits per heavy atom. The molecule has 2 aromatic rings. The average Bonchev–Trinajstić information content (AvgIpc) is 2.70. The second kappa shape index (κ2) is 5.27. The van der Waals surface area contributed by atoms with Crippen LogP contribution in [0.4, 0.5) is 8.78 Å². The molecule has 1 aromatic heterocycles. The van der Waals surface area contributed by atoms with Gasteiger partial charge in [-0.2, -0.15) is 0 Å². The third kappa shape index (κ3) is 2.64. The van der Waals surface area contributed by atoms with E-state index in [-0.39, 0.29) is 6.54 Å². The number of fused-ring (bicyclic) bond motifs is 1. The van der Waals surface area contributed by atoms with Gasteiger partial charge in [-0.1, -0.05) is 25.1 Å². The summed E-state index contributed by atoms with van der Waals surface area (Å²) in [5.74, 6) is 0. The van der Waals surface area contributed by atoms with Crippen LogP contribution >= 0.6 is 0 Å².